The van der Waals surface area contributed by atoms with Crippen molar-refractivity contribution in [3.63, 3.8) is 0 Å². The van der Waals surface area contributed by atoms with Crippen LogP contribution in [0.15, 0.2) is 33.5 Å². The van der Waals surface area contributed by atoms with Gasteiger partial charge in [-0.15, -0.1) is 0 Å². The molecule has 15 heavy (non-hydrogen) atoms. The Morgan fingerprint density at radius 1 is 1.53 bits per heavy atom. The van der Waals surface area contributed by atoms with Gasteiger partial charge in [0.25, 0.3) is 0 Å². The summed E-state index contributed by atoms with van der Waals surface area (Å²) in [5, 5.41) is 0. The van der Waals surface area contributed by atoms with Crippen molar-refractivity contribution < 1.29 is 9.15 Å². The van der Waals surface area contributed by atoms with Gasteiger partial charge in [-0.2, -0.15) is 4.37 Å². The standard InChI is InChI=1S/C10H9NO3S/c1-13-8-4-2-3-7(5-8)6-9-11-15-10(12)14-9/h2-5H,6H2,1H3. The summed E-state index contributed by atoms with van der Waals surface area (Å²) in [5.41, 5.74) is 1.00. The predicted molar refractivity (Wildman–Crippen MR) is 56.5 cm³/mol. The van der Waals surface area contributed by atoms with Crippen LogP contribution in [0.4, 0.5) is 0 Å². The van der Waals surface area contributed by atoms with Crippen molar-refractivity contribution in [1.29, 1.82) is 0 Å². The fraction of sp³-hybridized carbons (Fsp3) is 0.200. The molecule has 0 amide bonds. The zero-order valence-electron chi connectivity index (χ0n) is 8.10. The van der Waals surface area contributed by atoms with E-state index in [1.54, 1.807) is 7.11 Å². The largest absolute Gasteiger partial charge is 0.497 e. The third-order valence-electron chi connectivity index (χ3n) is 1.91. The van der Waals surface area contributed by atoms with E-state index in [1.165, 1.54) is 0 Å². The van der Waals surface area contributed by atoms with Crippen molar-refractivity contribution in [2.45, 2.75) is 6.42 Å². The lowest BCUT2D eigenvalue weighted by Crippen LogP contribution is -1.90. The van der Waals surface area contributed by atoms with Crippen molar-refractivity contribution in [1.82, 2.24) is 4.37 Å². The van der Waals surface area contributed by atoms with Crippen LogP contribution in [0.5, 0.6) is 5.75 Å². The van der Waals surface area contributed by atoms with E-state index in [9.17, 15) is 4.79 Å². The average Bonchev–Trinajstić information content (AvgIpc) is 2.64. The number of aromatic nitrogens is 1. The van der Waals surface area contributed by atoms with Crippen LogP contribution in [0, 0.1) is 0 Å². The molecule has 0 radical (unpaired) electrons. The molecule has 0 bridgehead atoms. The first kappa shape index (κ1) is 9.92. The van der Waals surface area contributed by atoms with Gasteiger partial charge in [-0.3, -0.25) is 0 Å². The van der Waals surface area contributed by atoms with Gasteiger partial charge in [0.2, 0.25) is 5.89 Å². The lowest BCUT2D eigenvalue weighted by molar-refractivity contribution is 0.414. The summed E-state index contributed by atoms with van der Waals surface area (Å²) >= 11 is 0.830. The molecule has 1 heterocycles. The molecule has 0 aliphatic rings. The first-order valence-electron chi connectivity index (χ1n) is 4.36. The normalized spacial score (nSPS) is 10.2. The minimum Gasteiger partial charge on any atom is -0.497 e. The van der Waals surface area contributed by atoms with Crippen LogP contribution in [-0.2, 0) is 6.42 Å². The summed E-state index contributed by atoms with van der Waals surface area (Å²) < 4.78 is 13.8. The Balaban J connectivity index is 2.20. The highest BCUT2D eigenvalue weighted by molar-refractivity contribution is 7.02. The smallest absolute Gasteiger partial charge is 0.414 e. The van der Waals surface area contributed by atoms with Crippen LogP contribution < -0.4 is 9.68 Å². The van der Waals surface area contributed by atoms with Crippen molar-refractivity contribution in [2.75, 3.05) is 7.11 Å². The van der Waals surface area contributed by atoms with Gasteiger partial charge < -0.3 is 9.15 Å². The first-order chi connectivity index (χ1) is 7.28. The van der Waals surface area contributed by atoms with Gasteiger partial charge in [0.1, 0.15) is 5.75 Å². The Kier molecular flexibility index (Phi) is 2.82. The van der Waals surface area contributed by atoms with E-state index < -0.39 is 0 Å². The van der Waals surface area contributed by atoms with E-state index in [0.29, 0.717) is 12.3 Å². The Morgan fingerprint density at radius 3 is 3.07 bits per heavy atom. The molecular formula is C10H9NO3S. The van der Waals surface area contributed by atoms with Gasteiger partial charge in [0.05, 0.1) is 13.5 Å². The summed E-state index contributed by atoms with van der Waals surface area (Å²) in [4.78, 5) is 10.4. The maximum Gasteiger partial charge on any atom is 0.414 e. The molecule has 0 saturated heterocycles. The predicted octanol–water partition coefficient (Wildman–Crippen LogP) is 1.70. The van der Waals surface area contributed by atoms with E-state index in [4.69, 9.17) is 9.15 Å². The molecule has 1 aromatic heterocycles. The highest BCUT2D eigenvalue weighted by atomic mass is 32.1. The Labute approximate surface area is 90.3 Å². The van der Waals surface area contributed by atoms with E-state index in [-0.39, 0.29) is 4.94 Å². The second kappa shape index (κ2) is 4.27. The van der Waals surface area contributed by atoms with Crippen LogP contribution >= 0.6 is 11.5 Å². The molecule has 0 N–H and O–H groups in total. The van der Waals surface area contributed by atoms with Gasteiger partial charge in [0, 0.05) is 11.5 Å². The lowest BCUT2D eigenvalue weighted by atomic mass is 10.1. The van der Waals surface area contributed by atoms with Crippen LogP contribution in [0.25, 0.3) is 0 Å². The summed E-state index contributed by atoms with van der Waals surface area (Å²) in [5.74, 6) is 1.23. The van der Waals surface area contributed by atoms with Gasteiger partial charge in [-0.25, -0.2) is 4.79 Å². The molecule has 0 saturated carbocycles. The van der Waals surface area contributed by atoms with Crippen LogP contribution in [0.1, 0.15) is 11.5 Å². The highest BCUT2D eigenvalue weighted by Crippen LogP contribution is 2.14. The third-order valence-corrected chi connectivity index (χ3v) is 2.44. The summed E-state index contributed by atoms with van der Waals surface area (Å²) in [6.45, 7) is 0. The molecule has 1 aromatic carbocycles. The topological polar surface area (TPSA) is 52.3 Å². The van der Waals surface area contributed by atoms with E-state index in [0.717, 1.165) is 22.8 Å². The zero-order valence-corrected chi connectivity index (χ0v) is 8.91. The quantitative estimate of drug-likeness (QED) is 0.794. The fourth-order valence-electron chi connectivity index (χ4n) is 1.25. The molecule has 0 atom stereocenters. The van der Waals surface area contributed by atoms with Crippen LogP contribution in [0.3, 0.4) is 0 Å². The van der Waals surface area contributed by atoms with E-state index >= 15 is 0 Å². The van der Waals surface area contributed by atoms with Gasteiger partial charge in [-0.05, 0) is 17.7 Å². The second-order valence-corrected chi connectivity index (χ2v) is 3.66. The monoisotopic (exact) mass is 223 g/mol. The van der Waals surface area contributed by atoms with Crippen molar-refractivity contribution in [2.24, 2.45) is 0 Å². The third kappa shape index (κ3) is 2.44. The molecule has 2 aromatic rings. The second-order valence-electron chi connectivity index (χ2n) is 2.96. The van der Waals surface area contributed by atoms with E-state index in [2.05, 4.69) is 4.37 Å². The van der Waals surface area contributed by atoms with Crippen molar-refractivity contribution in [3.8, 4) is 5.75 Å². The molecule has 0 aliphatic carbocycles. The molecular weight excluding hydrogens is 214 g/mol. The number of rotatable bonds is 3. The number of methoxy groups -OCH3 is 1. The number of hydrogen-bond acceptors (Lipinski definition) is 5. The van der Waals surface area contributed by atoms with Crippen LogP contribution in [-0.4, -0.2) is 11.5 Å². The summed E-state index contributed by atoms with van der Waals surface area (Å²) in [7, 11) is 1.61. The molecule has 0 unspecified atom stereocenters. The van der Waals surface area contributed by atoms with Gasteiger partial charge >= 0.3 is 4.94 Å². The maximum absolute atomic E-state index is 10.8. The van der Waals surface area contributed by atoms with Gasteiger partial charge in [0.15, 0.2) is 0 Å². The molecule has 0 fully saturated rings. The minimum atomic E-state index is -0.368. The summed E-state index contributed by atoms with van der Waals surface area (Å²) in [6.07, 6.45) is 0.510. The highest BCUT2D eigenvalue weighted by Gasteiger charge is 2.04. The molecule has 0 aliphatic heterocycles. The van der Waals surface area contributed by atoms with Crippen LogP contribution in [0.2, 0.25) is 0 Å². The molecule has 0 spiro atoms. The zero-order chi connectivity index (χ0) is 10.7. The number of benzene rings is 1. The molecule has 78 valence electrons. The Bertz CT molecular complexity index is 503. The SMILES string of the molecule is COc1cccc(Cc2nsc(=O)o2)c1. The fourth-order valence-corrected chi connectivity index (χ4v) is 1.66. The van der Waals surface area contributed by atoms with Crippen molar-refractivity contribution in [3.05, 3.63) is 45.5 Å². The van der Waals surface area contributed by atoms with Crippen molar-refractivity contribution >= 4 is 11.5 Å². The molecule has 5 heteroatoms. The number of nitrogens with zero attached hydrogens (tertiary/aromatic N) is 1. The number of hydrogen-bond donors (Lipinski definition) is 0. The summed E-state index contributed by atoms with van der Waals surface area (Å²) in [6, 6.07) is 7.57. The maximum atomic E-state index is 10.8. The Morgan fingerprint density at radius 2 is 2.40 bits per heavy atom. The number of ether oxygens (including phenoxy) is 1. The molecule has 4 nitrogen and oxygen atoms in total. The minimum absolute atomic E-state index is 0.368. The van der Waals surface area contributed by atoms with Gasteiger partial charge in [-0.1, -0.05) is 12.1 Å². The average molecular weight is 223 g/mol. The Hall–Kier alpha value is -1.62. The molecule has 2 rings (SSSR count). The first-order valence-corrected chi connectivity index (χ1v) is 5.14. The van der Waals surface area contributed by atoms with E-state index in [1.807, 2.05) is 24.3 Å². The lowest BCUT2D eigenvalue weighted by Gasteiger charge is -2.01.